The van der Waals surface area contributed by atoms with Gasteiger partial charge in [-0.25, -0.2) is 0 Å². The smallest absolute Gasteiger partial charge is 0.0991 e. The Bertz CT molecular complexity index is 879. The van der Waals surface area contributed by atoms with Crippen molar-refractivity contribution in [3.63, 3.8) is 0 Å². The molecule has 0 spiro atoms. The molecule has 3 aromatic carbocycles. The summed E-state index contributed by atoms with van der Waals surface area (Å²) in [6.07, 6.45) is 0. The molecule has 1 nitrogen and oxygen atoms in total. The standard InChI is InChI=1S/C22H19N.C2H6/c1-15-4-8-19(9-5-15)21-12-13-22(17(3)16(21)2)20-10-6-18(14-23)7-11-20;1-2/h4-13H,1-3H3;1-2H3. The van der Waals surface area contributed by atoms with Crippen LogP contribution >= 0.6 is 0 Å². The van der Waals surface area contributed by atoms with E-state index in [-0.39, 0.29) is 0 Å². The Morgan fingerprint density at radius 3 is 1.40 bits per heavy atom. The number of nitriles is 1. The highest BCUT2D eigenvalue weighted by atomic mass is 14.2. The van der Waals surface area contributed by atoms with Crippen LogP contribution in [0.5, 0.6) is 0 Å². The first-order chi connectivity index (χ1) is 12.1. The SMILES string of the molecule is CC.Cc1ccc(-c2ccc(-c3ccc(C#N)cc3)c(C)c2C)cc1. The van der Waals surface area contributed by atoms with Gasteiger partial charge in [0, 0.05) is 0 Å². The van der Waals surface area contributed by atoms with Crippen molar-refractivity contribution in [2.24, 2.45) is 0 Å². The van der Waals surface area contributed by atoms with Crippen LogP contribution in [0.2, 0.25) is 0 Å². The van der Waals surface area contributed by atoms with Crippen LogP contribution in [-0.2, 0) is 0 Å². The van der Waals surface area contributed by atoms with Crippen LogP contribution in [0.3, 0.4) is 0 Å². The van der Waals surface area contributed by atoms with E-state index in [1.165, 1.54) is 33.4 Å². The number of hydrogen-bond donors (Lipinski definition) is 0. The van der Waals surface area contributed by atoms with Gasteiger partial charge in [-0.1, -0.05) is 67.9 Å². The van der Waals surface area contributed by atoms with E-state index in [0.29, 0.717) is 5.56 Å². The minimum Gasteiger partial charge on any atom is -0.192 e. The van der Waals surface area contributed by atoms with Crippen molar-refractivity contribution in [2.75, 3.05) is 0 Å². The van der Waals surface area contributed by atoms with Crippen LogP contribution in [0.4, 0.5) is 0 Å². The lowest BCUT2D eigenvalue weighted by Gasteiger charge is -2.14. The van der Waals surface area contributed by atoms with Crippen LogP contribution in [0.1, 0.15) is 36.1 Å². The summed E-state index contributed by atoms with van der Waals surface area (Å²) in [5.41, 5.74) is 9.46. The van der Waals surface area contributed by atoms with Gasteiger partial charge >= 0.3 is 0 Å². The Morgan fingerprint density at radius 2 is 1.00 bits per heavy atom. The number of nitrogens with zero attached hydrogens (tertiary/aromatic N) is 1. The molecule has 25 heavy (non-hydrogen) atoms. The predicted molar refractivity (Wildman–Crippen MR) is 108 cm³/mol. The van der Waals surface area contributed by atoms with E-state index in [2.05, 4.69) is 63.2 Å². The van der Waals surface area contributed by atoms with Crippen LogP contribution in [0, 0.1) is 32.1 Å². The Labute approximate surface area is 151 Å². The van der Waals surface area contributed by atoms with Gasteiger partial charge in [-0.05, 0) is 66.3 Å². The highest BCUT2D eigenvalue weighted by Crippen LogP contribution is 2.32. The monoisotopic (exact) mass is 327 g/mol. The van der Waals surface area contributed by atoms with Gasteiger partial charge in [-0.2, -0.15) is 5.26 Å². The molecule has 0 aliphatic rings. The van der Waals surface area contributed by atoms with Gasteiger partial charge in [0.05, 0.1) is 11.6 Å². The highest BCUT2D eigenvalue weighted by Gasteiger charge is 2.09. The van der Waals surface area contributed by atoms with E-state index in [9.17, 15) is 0 Å². The molecule has 0 unspecified atom stereocenters. The first kappa shape index (κ1) is 18.5. The van der Waals surface area contributed by atoms with E-state index in [4.69, 9.17) is 5.26 Å². The molecule has 0 heterocycles. The van der Waals surface area contributed by atoms with Gasteiger partial charge in [0.25, 0.3) is 0 Å². The second-order valence-corrected chi connectivity index (χ2v) is 5.97. The highest BCUT2D eigenvalue weighted by molar-refractivity contribution is 5.77. The van der Waals surface area contributed by atoms with Crippen LogP contribution in [0.25, 0.3) is 22.3 Å². The van der Waals surface area contributed by atoms with Gasteiger partial charge < -0.3 is 0 Å². The fourth-order valence-electron chi connectivity index (χ4n) is 2.90. The summed E-state index contributed by atoms with van der Waals surface area (Å²) in [5.74, 6) is 0. The molecule has 0 aliphatic heterocycles. The average molecular weight is 327 g/mol. The van der Waals surface area contributed by atoms with Gasteiger partial charge in [-0.3, -0.25) is 0 Å². The maximum absolute atomic E-state index is 8.93. The van der Waals surface area contributed by atoms with Crippen molar-refractivity contribution in [1.29, 1.82) is 5.26 Å². The molecule has 3 aromatic rings. The topological polar surface area (TPSA) is 23.8 Å². The molecule has 0 amide bonds. The van der Waals surface area contributed by atoms with E-state index in [1.807, 2.05) is 38.1 Å². The summed E-state index contributed by atoms with van der Waals surface area (Å²) >= 11 is 0. The van der Waals surface area contributed by atoms with E-state index >= 15 is 0 Å². The molecule has 0 N–H and O–H groups in total. The lowest BCUT2D eigenvalue weighted by molar-refractivity contribution is 1.33. The zero-order chi connectivity index (χ0) is 18.4. The van der Waals surface area contributed by atoms with Gasteiger partial charge in [0.1, 0.15) is 0 Å². The van der Waals surface area contributed by atoms with Gasteiger partial charge in [-0.15, -0.1) is 0 Å². The van der Waals surface area contributed by atoms with Crippen molar-refractivity contribution >= 4 is 0 Å². The molecule has 0 bridgehead atoms. The third-order valence-electron chi connectivity index (χ3n) is 4.47. The number of hydrogen-bond acceptors (Lipinski definition) is 1. The van der Waals surface area contributed by atoms with Gasteiger partial charge in [0.15, 0.2) is 0 Å². The Hall–Kier alpha value is -2.85. The Kier molecular flexibility index (Phi) is 6.14. The second-order valence-electron chi connectivity index (χ2n) is 5.97. The zero-order valence-electron chi connectivity index (χ0n) is 15.7. The molecule has 0 saturated carbocycles. The van der Waals surface area contributed by atoms with E-state index < -0.39 is 0 Å². The molecular weight excluding hydrogens is 302 g/mol. The lowest BCUT2D eigenvalue weighted by atomic mass is 9.90. The van der Waals surface area contributed by atoms with Crippen LogP contribution in [0.15, 0.2) is 60.7 Å². The second kappa shape index (κ2) is 8.31. The maximum atomic E-state index is 8.93. The van der Waals surface area contributed by atoms with E-state index in [1.54, 1.807) is 0 Å². The average Bonchev–Trinajstić information content (AvgIpc) is 2.67. The van der Waals surface area contributed by atoms with Crippen molar-refractivity contribution < 1.29 is 0 Å². The number of rotatable bonds is 2. The summed E-state index contributed by atoms with van der Waals surface area (Å²) in [5, 5.41) is 8.93. The minimum absolute atomic E-state index is 0.694. The first-order valence-electron chi connectivity index (χ1n) is 8.78. The molecule has 126 valence electrons. The molecule has 0 aromatic heterocycles. The maximum Gasteiger partial charge on any atom is 0.0991 e. The summed E-state index contributed by atoms with van der Waals surface area (Å²) < 4.78 is 0. The molecule has 0 radical (unpaired) electrons. The molecule has 0 aliphatic carbocycles. The first-order valence-corrected chi connectivity index (χ1v) is 8.78. The van der Waals surface area contributed by atoms with Gasteiger partial charge in [0.2, 0.25) is 0 Å². The minimum atomic E-state index is 0.694. The fraction of sp³-hybridized carbons (Fsp3) is 0.208. The molecule has 1 heteroatoms. The summed E-state index contributed by atoms with van der Waals surface area (Å²) in [6.45, 7) is 10.5. The predicted octanol–water partition coefficient (Wildman–Crippen LogP) is 6.84. The van der Waals surface area contributed by atoms with Crippen molar-refractivity contribution in [1.82, 2.24) is 0 Å². The lowest BCUT2D eigenvalue weighted by Crippen LogP contribution is -1.92. The zero-order valence-corrected chi connectivity index (χ0v) is 15.7. The largest absolute Gasteiger partial charge is 0.192 e. The number of benzene rings is 3. The Balaban J connectivity index is 0.00000109. The quantitative estimate of drug-likeness (QED) is 0.505. The molecule has 0 fully saturated rings. The van der Waals surface area contributed by atoms with E-state index in [0.717, 1.165) is 5.56 Å². The molecule has 3 rings (SSSR count). The third-order valence-corrected chi connectivity index (χ3v) is 4.47. The summed E-state index contributed by atoms with van der Waals surface area (Å²) in [6, 6.07) is 23.0. The normalized spacial score (nSPS) is 9.76. The number of aryl methyl sites for hydroxylation is 1. The fourth-order valence-corrected chi connectivity index (χ4v) is 2.90. The molecule has 0 atom stereocenters. The Morgan fingerprint density at radius 1 is 0.600 bits per heavy atom. The van der Waals surface area contributed by atoms with Crippen LogP contribution < -0.4 is 0 Å². The molecular formula is C24H25N. The summed E-state index contributed by atoms with van der Waals surface area (Å²) in [4.78, 5) is 0. The van der Waals surface area contributed by atoms with Crippen LogP contribution in [-0.4, -0.2) is 0 Å². The summed E-state index contributed by atoms with van der Waals surface area (Å²) in [7, 11) is 0. The molecule has 0 saturated heterocycles. The third kappa shape index (κ3) is 3.98. The van der Waals surface area contributed by atoms with Crippen molar-refractivity contribution in [3.8, 4) is 28.3 Å². The van der Waals surface area contributed by atoms with Crippen molar-refractivity contribution in [3.05, 3.63) is 82.9 Å². The van der Waals surface area contributed by atoms with Crippen molar-refractivity contribution in [2.45, 2.75) is 34.6 Å².